The van der Waals surface area contributed by atoms with E-state index in [1.807, 2.05) is 0 Å². The highest BCUT2D eigenvalue weighted by atomic mass is 32.2. The van der Waals surface area contributed by atoms with Crippen LogP contribution in [0.5, 0.6) is 5.75 Å². The Morgan fingerprint density at radius 2 is 1.83 bits per heavy atom. The summed E-state index contributed by atoms with van der Waals surface area (Å²) in [4.78, 5) is 14.5. The number of hydrogen-bond acceptors (Lipinski definition) is 5. The topological polar surface area (TPSA) is 66.9 Å². The molecule has 0 unspecified atom stereocenters. The molecule has 1 aromatic heterocycles. The third-order valence-corrected chi connectivity index (χ3v) is 7.64. The van der Waals surface area contributed by atoms with E-state index in [-0.39, 0.29) is 22.1 Å². The quantitative estimate of drug-likeness (QED) is 0.652. The summed E-state index contributed by atoms with van der Waals surface area (Å²) >= 11 is 1.10. The summed E-state index contributed by atoms with van der Waals surface area (Å²) in [6, 6.07) is 7.45. The third kappa shape index (κ3) is 5.12. The number of sulfonamides is 1. The van der Waals surface area contributed by atoms with Crippen LogP contribution in [0.25, 0.3) is 0 Å². The molecule has 0 saturated carbocycles. The van der Waals surface area contributed by atoms with Crippen molar-refractivity contribution in [2.75, 3.05) is 20.1 Å². The predicted octanol–water partition coefficient (Wildman–Crippen LogP) is 3.80. The number of amides is 1. The first-order valence-electron chi connectivity index (χ1n) is 9.16. The lowest BCUT2D eigenvalue weighted by Gasteiger charge is -2.26. The van der Waals surface area contributed by atoms with Gasteiger partial charge in [0.1, 0.15) is 15.5 Å². The molecule has 6 nitrogen and oxygen atoms in total. The maximum atomic E-state index is 13.0. The fraction of sp³-hybridized carbons (Fsp3) is 0.421. The second-order valence-corrected chi connectivity index (χ2v) is 9.58. The number of benzene rings is 1. The Bertz CT molecular complexity index is 939. The van der Waals surface area contributed by atoms with Gasteiger partial charge in [-0.05, 0) is 42.0 Å². The van der Waals surface area contributed by atoms with E-state index >= 15 is 0 Å². The van der Waals surface area contributed by atoms with Gasteiger partial charge in [0.15, 0.2) is 0 Å². The number of halogens is 2. The third-order valence-electron chi connectivity index (χ3n) is 4.67. The average molecular weight is 445 g/mol. The molecule has 1 amide bonds. The minimum absolute atomic E-state index is 0.0332. The van der Waals surface area contributed by atoms with Crippen molar-refractivity contribution in [1.29, 1.82) is 0 Å². The van der Waals surface area contributed by atoms with Gasteiger partial charge in [0.2, 0.25) is 10.0 Å². The molecule has 2 aromatic rings. The first-order valence-corrected chi connectivity index (χ1v) is 11.5. The van der Waals surface area contributed by atoms with Crippen LogP contribution >= 0.6 is 11.3 Å². The second kappa shape index (κ2) is 9.19. The lowest BCUT2D eigenvalue weighted by Crippen LogP contribution is -2.36. The highest BCUT2D eigenvalue weighted by Gasteiger charge is 2.31. The van der Waals surface area contributed by atoms with Crippen LogP contribution < -0.4 is 4.74 Å². The monoisotopic (exact) mass is 444 g/mol. The van der Waals surface area contributed by atoms with Gasteiger partial charge in [0.25, 0.3) is 5.91 Å². The summed E-state index contributed by atoms with van der Waals surface area (Å²) in [5.74, 6) is -0.366. The molecule has 1 saturated heterocycles. The number of piperidine rings is 1. The Labute approximate surface area is 172 Å². The summed E-state index contributed by atoms with van der Waals surface area (Å²) in [6.07, 6.45) is 2.64. The average Bonchev–Trinajstić information content (AvgIpc) is 3.20. The molecule has 1 fully saturated rings. The zero-order chi connectivity index (χ0) is 21.0. The van der Waals surface area contributed by atoms with Gasteiger partial charge in [0, 0.05) is 26.7 Å². The summed E-state index contributed by atoms with van der Waals surface area (Å²) in [7, 11) is -2.14. The first-order chi connectivity index (χ1) is 13.8. The summed E-state index contributed by atoms with van der Waals surface area (Å²) in [5.41, 5.74) is 0.708. The largest absolute Gasteiger partial charge is 0.435 e. The van der Waals surface area contributed by atoms with Crippen molar-refractivity contribution in [1.82, 2.24) is 9.21 Å². The molecule has 0 radical (unpaired) electrons. The van der Waals surface area contributed by atoms with Gasteiger partial charge in [-0.1, -0.05) is 18.6 Å². The molecule has 1 aliphatic heterocycles. The molecule has 0 N–H and O–H groups in total. The van der Waals surface area contributed by atoms with E-state index in [1.165, 1.54) is 27.4 Å². The number of alkyl halides is 2. The van der Waals surface area contributed by atoms with E-state index in [4.69, 9.17) is 0 Å². The number of carbonyl (C=O) groups excluding carboxylic acids is 1. The van der Waals surface area contributed by atoms with Gasteiger partial charge in [0.05, 0.1) is 0 Å². The molecule has 29 heavy (non-hydrogen) atoms. The van der Waals surface area contributed by atoms with Crippen LogP contribution in [0, 0.1) is 0 Å². The lowest BCUT2D eigenvalue weighted by molar-refractivity contribution is -0.0498. The molecule has 3 rings (SSSR count). The lowest BCUT2D eigenvalue weighted by atomic mass is 10.2. The van der Waals surface area contributed by atoms with E-state index in [0.717, 1.165) is 30.6 Å². The predicted molar refractivity (Wildman–Crippen MR) is 106 cm³/mol. The van der Waals surface area contributed by atoms with Gasteiger partial charge in [-0.25, -0.2) is 8.42 Å². The summed E-state index contributed by atoms with van der Waals surface area (Å²) in [6.45, 7) is -1.76. The van der Waals surface area contributed by atoms with E-state index in [2.05, 4.69) is 4.74 Å². The van der Waals surface area contributed by atoms with E-state index in [0.29, 0.717) is 18.7 Å². The Morgan fingerprint density at radius 1 is 1.17 bits per heavy atom. The van der Waals surface area contributed by atoms with Crippen molar-refractivity contribution in [3.8, 4) is 5.75 Å². The molecule has 10 heteroatoms. The normalized spacial score (nSPS) is 15.4. The van der Waals surface area contributed by atoms with Crippen LogP contribution in [0.4, 0.5) is 8.78 Å². The number of carbonyl (C=O) groups is 1. The van der Waals surface area contributed by atoms with Crippen LogP contribution in [0.15, 0.2) is 40.6 Å². The number of nitrogens with zero attached hydrogens (tertiary/aromatic N) is 2. The van der Waals surface area contributed by atoms with Gasteiger partial charge in [-0.2, -0.15) is 13.1 Å². The van der Waals surface area contributed by atoms with Gasteiger partial charge >= 0.3 is 6.61 Å². The van der Waals surface area contributed by atoms with Crippen LogP contribution in [-0.4, -0.2) is 50.3 Å². The zero-order valence-electron chi connectivity index (χ0n) is 15.9. The van der Waals surface area contributed by atoms with Crippen molar-refractivity contribution in [2.45, 2.75) is 37.3 Å². The Kier molecular flexibility index (Phi) is 6.86. The van der Waals surface area contributed by atoms with Crippen LogP contribution in [0.1, 0.15) is 34.5 Å². The minimum Gasteiger partial charge on any atom is -0.435 e. The maximum absolute atomic E-state index is 13.0. The summed E-state index contributed by atoms with van der Waals surface area (Å²) in [5, 5.41) is 1.61. The fourth-order valence-corrected chi connectivity index (χ4v) is 6.10. The van der Waals surface area contributed by atoms with Crippen molar-refractivity contribution < 1.29 is 26.7 Å². The SMILES string of the molecule is CN(Cc1ccc(OC(F)F)cc1)C(=O)c1sccc1S(=O)(=O)N1CCCCC1. The molecule has 158 valence electrons. The van der Waals surface area contributed by atoms with Gasteiger partial charge < -0.3 is 9.64 Å². The Morgan fingerprint density at radius 3 is 2.45 bits per heavy atom. The highest BCUT2D eigenvalue weighted by Crippen LogP contribution is 2.28. The number of hydrogen-bond donors (Lipinski definition) is 0. The number of ether oxygens (including phenoxy) is 1. The van der Waals surface area contributed by atoms with E-state index in [9.17, 15) is 22.0 Å². The molecule has 0 aliphatic carbocycles. The molecule has 0 spiro atoms. The van der Waals surface area contributed by atoms with E-state index in [1.54, 1.807) is 24.6 Å². The Balaban J connectivity index is 1.73. The zero-order valence-corrected chi connectivity index (χ0v) is 17.5. The minimum atomic E-state index is -3.71. The summed E-state index contributed by atoms with van der Waals surface area (Å²) < 4.78 is 56.2. The van der Waals surface area contributed by atoms with E-state index < -0.39 is 22.5 Å². The highest BCUT2D eigenvalue weighted by molar-refractivity contribution is 7.89. The molecular formula is C19H22F2N2O4S2. The smallest absolute Gasteiger partial charge is 0.387 e. The Hall–Kier alpha value is -2.04. The van der Waals surface area contributed by atoms with Gasteiger partial charge in [-0.3, -0.25) is 4.79 Å². The molecule has 1 aromatic carbocycles. The molecule has 0 atom stereocenters. The van der Waals surface area contributed by atoms with Crippen LogP contribution in [0.2, 0.25) is 0 Å². The standard InChI is InChI=1S/C19H22F2N2O4S2/c1-22(13-14-5-7-15(8-6-14)27-19(20)21)18(24)17-16(9-12-28-17)29(25,26)23-10-3-2-4-11-23/h5-9,12,19H,2-4,10-11,13H2,1H3. The number of thiophene rings is 1. The van der Waals surface area contributed by atoms with Crippen LogP contribution in [0.3, 0.4) is 0 Å². The first kappa shape index (κ1) is 21.7. The van der Waals surface area contributed by atoms with Crippen molar-refractivity contribution in [3.05, 3.63) is 46.2 Å². The molecule has 1 aliphatic rings. The number of rotatable bonds is 7. The van der Waals surface area contributed by atoms with Crippen LogP contribution in [-0.2, 0) is 16.6 Å². The molecule has 2 heterocycles. The second-order valence-electron chi connectivity index (χ2n) is 6.76. The van der Waals surface area contributed by atoms with Crippen molar-refractivity contribution >= 4 is 27.3 Å². The maximum Gasteiger partial charge on any atom is 0.387 e. The van der Waals surface area contributed by atoms with Crippen molar-refractivity contribution in [3.63, 3.8) is 0 Å². The van der Waals surface area contributed by atoms with Gasteiger partial charge in [-0.15, -0.1) is 11.3 Å². The fourth-order valence-electron chi connectivity index (χ4n) is 3.20. The molecule has 0 bridgehead atoms. The van der Waals surface area contributed by atoms with Crippen molar-refractivity contribution in [2.24, 2.45) is 0 Å². The molecular weight excluding hydrogens is 422 g/mol.